The Balaban J connectivity index is 2.50. The lowest BCUT2D eigenvalue weighted by atomic mass is 10.1. The number of carbonyl (C=O) groups excluding carboxylic acids is 1. The first-order valence-corrected chi connectivity index (χ1v) is 4.19. The van der Waals surface area contributed by atoms with Gasteiger partial charge in [0.05, 0.1) is 12.6 Å². The summed E-state index contributed by atoms with van der Waals surface area (Å²) in [6, 6.07) is -0.294. The van der Waals surface area contributed by atoms with Crippen LogP contribution in [0.5, 0.6) is 0 Å². The van der Waals surface area contributed by atoms with E-state index in [4.69, 9.17) is 5.73 Å². The Morgan fingerprint density at radius 3 is 3.17 bits per heavy atom. The molecule has 1 aliphatic heterocycles. The first-order chi connectivity index (χ1) is 5.75. The standard InChI is InChI=1S/C9H14N2O/c1-2-3-6-11-7-4-5-8(10)9(11)12/h8H,4-7,10H2,1H3. The topological polar surface area (TPSA) is 46.3 Å². The van der Waals surface area contributed by atoms with Crippen LogP contribution in [-0.2, 0) is 4.79 Å². The van der Waals surface area contributed by atoms with Gasteiger partial charge in [-0.05, 0) is 19.8 Å². The van der Waals surface area contributed by atoms with Crippen LogP contribution in [0, 0.1) is 11.8 Å². The maximum Gasteiger partial charge on any atom is 0.240 e. The van der Waals surface area contributed by atoms with Crippen molar-refractivity contribution in [3.63, 3.8) is 0 Å². The molecule has 1 aliphatic rings. The molecule has 3 nitrogen and oxygen atoms in total. The molecule has 1 amide bonds. The SMILES string of the molecule is CC#CCN1CCCC(N)C1=O. The van der Waals surface area contributed by atoms with Crippen molar-refractivity contribution in [3.05, 3.63) is 0 Å². The Kier molecular flexibility index (Phi) is 3.12. The van der Waals surface area contributed by atoms with Gasteiger partial charge in [-0.15, -0.1) is 5.92 Å². The average molecular weight is 166 g/mol. The van der Waals surface area contributed by atoms with Gasteiger partial charge in [0.25, 0.3) is 0 Å². The Morgan fingerprint density at radius 1 is 1.75 bits per heavy atom. The normalized spacial score (nSPS) is 23.3. The van der Waals surface area contributed by atoms with Crippen molar-refractivity contribution in [3.8, 4) is 11.8 Å². The van der Waals surface area contributed by atoms with Crippen LogP contribution >= 0.6 is 0 Å². The van der Waals surface area contributed by atoms with Crippen molar-refractivity contribution in [1.29, 1.82) is 0 Å². The summed E-state index contributed by atoms with van der Waals surface area (Å²) in [6.45, 7) is 3.11. The summed E-state index contributed by atoms with van der Waals surface area (Å²) in [4.78, 5) is 13.1. The minimum absolute atomic E-state index is 0.0454. The first kappa shape index (κ1) is 9.08. The van der Waals surface area contributed by atoms with E-state index < -0.39 is 0 Å². The number of hydrogen-bond acceptors (Lipinski definition) is 2. The molecule has 0 spiro atoms. The fraction of sp³-hybridized carbons (Fsp3) is 0.667. The van der Waals surface area contributed by atoms with Gasteiger partial charge in [-0.2, -0.15) is 0 Å². The van der Waals surface area contributed by atoms with Crippen LogP contribution in [0.15, 0.2) is 0 Å². The number of nitrogens with two attached hydrogens (primary N) is 1. The van der Waals surface area contributed by atoms with E-state index in [-0.39, 0.29) is 11.9 Å². The highest BCUT2D eigenvalue weighted by Gasteiger charge is 2.24. The molecule has 0 saturated carbocycles. The van der Waals surface area contributed by atoms with E-state index in [1.807, 2.05) is 0 Å². The van der Waals surface area contributed by atoms with Gasteiger partial charge >= 0.3 is 0 Å². The lowest BCUT2D eigenvalue weighted by Crippen LogP contribution is -2.48. The Morgan fingerprint density at radius 2 is 2.50 bits per heavy atom. The molecule has 1 atom stereocenters. The number of carbonyl (C=O) groups is 1. The average Bonchev–Trinajstić information content (AvgIpc) is 2.08. The second kappa shape index (κ2) is 4.13. The van der Waals surface area contributed by atoms with Crippen LogP contribution in [0.2, 0.25) is 0 Å². The van der Waals surface area contributed by atoms with Crippen molar-refractivity contribution in [2.24, 2.45) is 5.73 Å². The molecule has 0 aromatic carbocycles. The zero-order valence-corrected chi connectivity index (χ0v) is 7.34. The molecule has 0 radical (unpaired) electrons. The molecule has 1 unspecified atom stereocenters. The second-order valence-electron chi connectivity index (χ2n) is 2.94. The highest BCUT2D eigenvalue weighted by Crippen LogP contribution is 2.08. The molecular formula is C9H14N2O. The molecule has 0 bridgehead atoms. The van der Waals surface area contributed by atoms with Gasteiger partial charge in [0, 0.05) is 6.54 Å². The largest absolute Gasteiger partial charge is 0.330 e. The molecule has 1 rings (SSSR count). The molecule has 66 valence electrons. The summed E-state index contributed by atoms with van der Waals surface area (Å²) < 4.78 is 0. The zero-order chi connectivity index (χ0) is 8.97. The second-order valence-corrected chi connectivity index (χ2v) is 2.94. The molecule has 0 aromatic heterocycles. The molecule has 3 heteroatoms. The number of amides is 1. The van der Waals surface area contributed by atoms with Crippen molar-refractivity contribution in [2.45, 2.75) is 25.8 Å². The third-order valence-electron chi connectivity index (χ3n) is 2.02. The molecular weight excluding hydrogens is 152 g/mol. The van der Waals surface area contributed by atoms with Gasteiger partial charge in [-0.1, -0.05) is 5.92 Å². The lowest BCUT2D eigenvalue weighted by Gasteiger charge is -2.28. The van der Waals surface area contributed by atoms with Gasteiger partial charge < -0.3 is 10.6 Å². The maximum atomic E-state index is 11.4. The molecule has 2 N–H and O–H groups in total. The van der Waals surface area contributed by atoms with E-state index in [9.17, 15) is 4.79 Å². The summed E-state index contributed by atoms with van der Waals surface area (Å²) in [5, 5.41) is 0. The summed E-state index contributed by atoms with van der Waals surface area (Å²) in [6.07, 6.45) is 1.81. The van der Waals surface area contributed by atoms with Crippen LogP contribution in [-0.4, -0.2) is 29.9 Å². The summed E-state index contributed by atoms with van der Waals surface area (Å²) in [7, 11) is 0. The lowest BCUT2D eigenvalue weighted by molar-refractivity contribution is -0.134. The summed E-state index contributed by atoms with van der Waals surface area (Å²) >= 11 is 0. The molecule has 12 heavy (non-hydrogen) atoms. The Hall–Kier alpha value is -1.01. The van der Waals surface area contributed by atoms with Gasteiger partial charge in [-0.25, -0.2) is 0 Å². The van der Waals surface area contributed by atoms with Crippen LogP contribution < -0.4 is 5.73 Å². The number of rotatable bonds is 1. The highest BCUT2D eigenvalue weighted by atomic mass is 16.2. The van der Waals surface area contributed by atoms with Crippen molar-refractivity contribution in [1.82, 2.24) is 4.90 Å². The van der Waals surface area contributed by atoms with Crippen LogP contribution in [0.1, 0.15) is 19.8 Å². The van der Waals surface area contributed by atoms with E-state index in [0.717, 1.165) is 19.4 Å². The predicted octanol–water partition coefficient (Wildman–Crippen LogP) is -0.0406. The van der Waals surface area contributed by atoms with E-state index in [1.54, 1.807) is 11.8 Å². The van der Waals surface area contributed by atoms with E-state index >= 15 is 0 Å². The minimum Gasteiger partial charge on any atom is -0.330 e. The van der Waals surface area contributed by atoms with Crippen LogP contribution in [0.25, 0.3) is 0 Å². The van der Waals surface area contributed by atoms with Crippen molar-refractivity contribution >= 4 is 5.91 Å². The summed E-state index contributed by atoms with van der Waals surface area (Å²) in [5.41, 5.74) is 5.60. The van der Waals surface area contributed by atoms with Crippen molar-refractivity contribution < 1.29 is 4.79 Å². The molecule has 1 heterocycles. The zero-order valence-electron chi connectivity index (χ0n) is 7.34. The van der Waals surface area contributed by atoms with Gasteiger partial charge in [0.2, 0.25) is 5.91 Å². The number of hydrogen-bond donors (Lipinski definition) is 1. The van der Waals surface area contributed by atoms with Crippen LogP contribution in [0.4, 0.5) is 0 Å². The quantitative estimate of drug-likeness (QED) is 0.555. The molecule has 0 aromatic rings. The maximum absolute atomic E-state index is 11.4. The number of piperidine rings is 1. The van der Waals surface area contributed by atoms with Gasteiger partial charge in [0.15, 0.2) is 0 Å². The third-order valence-corrected chi connectivity index (χ3v) is 2.02. The Bertz CT molecular complexity index is 226. The number of nitrogens with zero attached hydrogens (tertiary/aromatic N) is 1. The number of likely N-dealkylation sites (tertiary alicyclic amines) is 1. The fourth-order valence-corrected chi connectivity index (χ4v) is 1.30. The smallest absolute Gasteiger partial charge is 0.240 e. The van der Waals surface area contributed by atoms with Gasteiger partial charge in [0.1, 0.15) is 0 Å². The predicted molar refractivity (Wildman–Crippen MR) is 47.2 cm³/mol. The van der Waals surface area contributed by atoms with E-state index in [0.29, 0.717) is 6.54 Å². The third kappa shape index (κ3) is 1.99. The monoisotopic (exact) mass is 166 g/mol. The highest BCUT2D eigenvalue weighted by molar-refractivity contribution is 5.82. The van der Waals surface area contributed by atoms with Crippen molar-refractivity contribution in [2.75, 3.05) is 13.1 Å². The minimum atomic E-state index is -0.294. The van der Waals surface area contributed by atoms with E-state index in [2.05, 4.69) is 11.8 Å². The van der Waals surface area contributed by atoms with Crippen LogP contribution in [0.3, 0.4) is 0 Å². The van der Waals surface area contributed by atoms with E-state index in [1.165, 1.54) is 0 Å². The van der Waals surface area contributed by atoms with Gasteiger partial charge in [-0.3, -0.25) is 4.79 Å². The fourth-order valence-electron chi connectivity index (χ4n) is 1.30. The first-order valence-electron chi connectivity index (χ1n) is 4.19. The Labute approximate surface area is 72.9 Å². The molecule has 0 aliphatic carbocycles. The molecule has 1 fully saturated rings. The summed E-state index contributed by atoms with van der Waals surface area (Å²) in [5.74, 6) is 5.68. The molecule has 1 saturated heterocycles.